The van der Waals surface area contributed by atoms with E-state index in [-0.39, 0.29) is 30.3 Å². The van der Waals surface area contributed by atoms with Gasteiger partial charge in [-0.15, -0.1) is 0 Å². The van der Waals surface area contributed by atoms with Gasteiger partial charge in [-0.05, 0) is 49.2 Å². The first kappa shape index (κ1) is 21.6. The molecule has 2 heterocycles. The van der Waals surface area contributed by atoms with E-state index >= 15 is 0 Å². The van der Waals surface area contributed by atoms with E-state index in [4.69, 9.17) is 16.3 Å². The average Bonchev–Trinajstić information content (AvgIpc) is 2.75. The number of rotatable bonds is 4. The first-order chi connectivity index (χ1) is 14.8. The number of ketones is 2. The van der Waals surface area contributed by atoms with E-state index in [9.17, 15) is 14.4 Å². The lowest BCUT2D eigenvalue weighted by Gasteiger charge is -2.44. The molecule has 1 fully saturated rings. The summed E-state index contributed by atoms with van der Waals surface area (Å²) in [5, 5.41) is 0.516. The van der Waals surface area contributed by atoms with Crippen molar-refractivity contribution in [3.8, 4) is 5.75 Å². The van der Waals surface area contributed by atoms with Gasteiger partial charge in [-0.1, -0.05) is 23.7 Å². The fourth-order valence-electron chi connectivity index (χ4n) is 4.35. The standard InChI is InChI=1S/C25H26ClNO4/c1-16-3-4-18(13-17(16)2)21(28)6-8-24(30)27-11-9-25(10-12-27)15-22(29)20-14-19(26)5-7-23(20)31-25/h3-5,7,13-14H,6,8-12,15H2,1-2H3. The largest absolute Gasteiger partial charge is 0.486 e. The zero-order chi connectivity index (χ0) is 22.2. The van der Waals surface area contributed by atoms with E-state index in [1.54, 1.807) is 23.1 Å². The van der Waals surface area contributed by atoms with E-state index in [2.05, 4.69) is 0 Å². The van der Waals surface area contributed by atoms with Crippen molar-refractivity contribution >= 4 is 29.1 Å². The number of halogens is 1. The molecule has 0 unspecified atom stereocenters. The summed E-state index contributed by atoms with van der Waals surface area (Å²) in [6.07, 6.45) is 1.88. The second-order valence-electron chi connectivity index (χ2n) is 8.63. The topological polar surface area (TPSA) is 63.7 Å². The molecule has 1 amide bonds. The molecule has 4 rings (SSSR count). The molecule has 2 aromatic carbocycles. The molecule has 6 heteroatoms. The Bertz CT molecular complexity index is 1050. The molecule has 0 aliphatic carbocycles. The van der Waals surface area contributed by atoms with Crippen molar-refractivity contribution in [2.24, 2.45) is 0 Å². The molecule has 1 saturated heterocycles. The SMILES string of the molecule is Cc1ccc(C(=O)CCC(=O)N2CCC3(CC2)CC(=O)c2cc(Cl)ccc2O3)cc1C. The minimum absolute atomic E-state index is 0.0126. The van der Waals surface area contributed by atoms with Crippen LogP contribution in [-0.2, 0) is 4.79 Å². The Labute approximate surface area is 187 Å². The molecule has 0 atom stereocenters. The zero-order valence-corrected chi connectivity index (χ0v) is 18.6. The van der Waals surface area contributed by atoms with Gasteiger partial charge in [-0.3, -0.25) is 14.4 Å². The van der Waals surface area contributed by atoms with Gasteiger partial charge in [0.25, 0.3) is 0 Å². The first-order valence-electron chi connectivity index (χ1n) is 10.7. The molecule has 2 aliphatic rings. The van der Waals surface area contributed by atoms with Crippen molar-refractivity contribution in [3.05, 3.63) is 63.7 Å². The monoisotopic (exact) mass is 439 g/mol. The number of hydrogen-bond acceptors (Lipinski definition) is 4. The number of carbonyl (C=O) groups is 3. The molecule has 0 radical (unpaired) electrons. The van der Waals surface area contributed by atoms with Gasteiger partial charge in [-0.25, -0.2) is 0 Å². The molecule has 1 spiro atoms. The maximum atomic E-state index is 12.7. The minimum atomic E-state index is -0.566. The second kappa shape index (κ2) is 8.46. The van der Waals surface area contributed by atoms with Crippen LogP contribution >= 0.6 is 11.6 Å². The highest BCUT2D eigenvalue weighted by molar-refractivity contribution is 6.31. The predicted octanol–water partition coefficient (Wildman–Crippen LogP) is 4.95. The Kier molecular flexibility index (Phi) is 5.89. The molecular formula is C25H26ClNO4. The van der Waals surface area contributed by atoms with Gasteiger partial charge in [0.05, 0.1) is 12.0 Å². The van der Waals surface area contributed by atoms with E-state index in [0.29, 0.717) is 54.3 Å². The summed E-state index contributed by atoms with van der Waals surface area (Å²) in [5.74, 6) is 0.560. The fraction of sp³-hybridized carbons (Fsp3) is 0.400. The highest BCUT2D eigenvalue weighted by Gasteiger charge is 2.43. The van der Waals surface area contributed by atoms with E-state index in [1.807, 2.05) is 32.0 Å². The predicted molar refractivity (Wildman–Crippen MR) is 119 cm³/mol. The molecule has 0 aromatic heterocycles. The number of ether oxygens (including phenoxy) is 1. The minimum Gasteiger partial charge on any atom is -0.486 e. The van der Waals surface area contributed by atoms with E-state index in [1.165, 1.54) is 0 Å². The molecular weight excluding hydrogens is 414 g/mol. The van der Waals surface area contributed by atoms with Crippen molar-refractivity contribution in [1.29, 1.82) is 0 Å². The quantitative estimate of drug-likeness (QED) is 0.632. The van der Waals surface area contributed by atoms with Gasteiger partial charge in [0.2, 0.25) is 5.91 Å². The number of aryl methyl sites for hydroxylation is 2. The van der Waals surface area contributed by atoms with Crippen molar-refractivity contribution < 1.29 is 19.1 Å². The van der Waals surface area contributed by atoms with Crippen molar-refractivity contribution in [2.45, 2.75) is 51.6 Å². The number of likely N-dealkylation sites (tertiary alicyclic amines) is 1. The Morgan fingerprint density at radius 1 is 1.03 bits per heavy atom. The highest BCUT2D eigenvalue weighted by atomic mass is 35.5. The van der Waals surface area contributed by atoms with Crippen LogP contribution in [0.1, 0.15) is 63.9 Å². The Hall–Kier alpha value is -2.66. The van der Waals surface area contributed by atoms with E-state index < -0.39 is 5.60 Å². The third-order valence-electron chi connectivity index (χ3n) is 6.47. The Balaban J connectivity index is 1.33. The van der Waals surface area contributed by atoms with Gasteiger partial charge in [-0.2, -0.15) is 0 Å². The number of hydrogen-bond donors (Lipinski definition) is 0. The lowest BCUT2D eigenvalue weighted by atomic mass is 9.82. The van der Waals surface area contributed by atoms with Gasteiger partial charge in [0.15, 0.2) is 11.6 Å². The van der Waals surface area contributed by atoms with Gasteiger partial charge in [0.1, 0.15) is 11.4 Å². The van der Waals surface area contributed by atoms with Crippen LogP contribution in [0, 0.1) is 13.8 Å². The maximum Gasteiger partial charge on any atom is 0.223 e. The third-order valence-corrected chi connectivity index (χ3v) is 6.71. The van der Waals surface area contributed by atoms with Gasteiger partial charge >= 0.3 is 0 Å². The number of carbonyl (C=O) groups excluding carboxylic acids is 3. The average molecular weight is 440 g/mol. The van der Waals surface area contributed by atoms with Crippen LogP contribution in [0.5, 0.6) is 5.75 Å². The summed E-state index contributed by atoms with van der Waals surface area (Å²) in [6.45, 7) is 5.03. The molecule has 31 heavy (non-hydrogen) atoms. The van der Waals surface area contributed by atoms with Crippen LogP contribution in [-0.4, -0.2) is 41.1 Å². The molecule has 162 valence electrons. The number of fused-ring (bicyclic) bond motifs is 1. The number of amides is 1. The van der Waals surface area contributed by atoms with Crippen LogP contribution in [0.4, 0.5) is 0 Å². The first-order valence-corrected chi connectivity index (χ1v) is 11.0. The Morgan fingerprint density at radius 3 is 2.48 bits per heavy atom. The third kappa shape index (κ3) is 4.52. The number of piperidine rings is 1. The van der Waals surface area contributed by atoms with Crippen molar-refractivity contribution in [1.82, 2.24) is 4.90 Å². The molecule has 0 bridgehead atoms. The van der Waals surface area contributed by atoms with Crippen molar-refractivity contribution in [3.63, 3.8) is 0 Å². The van der Waals surface area contributed by atoms with Crippen molar-refractivity contribution in [2.75, 3.05) is 13.1 Å². The molecule has 2 aliphatic heterocycles. The molecule has 0 N–H and O–H groups in total. The van der Waals surface area contributed by atoms with Crippen LogP contribution in [0.3, 0.4) is 0 Å². The van der Waals surface area contributed by atoms with Gasteiger partial charge < -0.3 is 9.64 Å². The normalized spacial score (nSPS) is 17.3. The summed E-state index contributed by atoms with van der Waals surface area (Å²) >= 11 is 6.00. The summed E-state index contributed by atoms with van der Waals surface area (Å²) < 4.78 is 6.22. The lowest BCUT2D eigenvalue weighted by molar-refractivity contribution is -0.134. The second-order valence-corrected chi connectivity index (χ2v) is 9.06. The van der Waals surface area contributed by atoms with Crippen LogP contribution in [0.25, 0.3) is 0 Å². The van der Waals surface area contributed by atoms with E-state index in [0.717, 1.165) is 11.1 Å². The number of nitrogens with zero attached hydrogens (tertiary/aromatic N) is 1. The summed E-state index contributed by atoms with van der Waals surface area (Å²) in [5.41, 5.74) is 2.83. The maximum absolute atomic E-state index is 12.7. The summed E-state index contributed by atoms with van der Waals surface area (Å²) in [6, 6.07) is 10.8. The number of Topliss-reactive ketones (excluding diaryl/α,β-unsaturated/α-hetero) is 2. The number of benzene rings is 2. The van der Waals surface area contributed by atoms with Crippen LogP contribution < -0.4 is 4.74 Å². The Morgan fingerprint density at radius 2 is 1.77 bits per heavy atom. The van der Waals surface area contributed by atoms with Crippen LogP contribution in [0.2, 0.25) is 5.02 Å². The summed E-state index contributed by atoms with van der Waals surface area (Å²) in [4.78, 5) is 39.6. The molecule has 2 aromatic rings. The lowest BCUT2D eigenvalue weighted by Crippen LogP contribution is -2.52. The molecule has 5 nitrogen and oxygen atoms in total. The fourth-order valence-corrected chi connectivity index (χ4v) is 4.52. The zero-order valence-electron chi connectivity index (χ0n) is 17.9. The van der Waals surface area contributed by atoms with Crippen LogP contribution in [0.15, 0.2) is 36.4 Å². The highest BCUT2D eigenvalue weighted by Crippen LogP contribution is 2.40. The summed E-state index contributed by atoms with van der Waals surface area (Å²) in [7, 11) is 0. The van der Waals surface area contributed by atoms with Gasteiger partial charge in [0, 0.05) is 49.4 Å². The smallest absolute Gasteiger partial charge is 0.223 e. The molecule has 0 saturated carbocycles.